The Morgan fingerprint density at radius 3 is 2.67 bits per heavy atom. The van der Waals surface area contributed by atoms with Gasteiger partial charge in [-0.25, -0.2) is 0 Å². The smallest absolute Gasteiger partial charge is 0.255 e. The maximum absolute atomic E-state index is 12.7. The van der Waals surface area contributed by atoms with Crippen LogP contribution in [0.15, 0.2) is 18.2 Å². The number of piperidine rings is 1. The molecule has 0 N–H and O–H groups in total. The highest BCUT2D eigenvalue weighted by Crippen LogP contribution is 2.25. The van der Waals surface area contributed by atoms with E-state index in [1.54, 1.807) is 6.07 Å². The Morgan fingerprint density at radius 2 is 1.95 bits per heavy atom. The number of carbonyl (C=O) groups excluding carboxylic acids is 1. The zero-order chi connectivity index (χ0) is 14.8. The number of benzene rings is 1. The number of hydrogen-bond donors (Lipinski definition) is 0. The highest BCUT2D eigenvalue weighted by atomic mass is 35.5. The second-order valence-corrected chi connectivity index (χ2v) is 6.63. The number of aryl methyl sites for hydroxylation is 1. The molecular formula is C17H23ClN2O. The molecule has 114 valence electrons. The van der Waals surface area contributed by atoms with Gasteiger partial charge in [0.25, 0.3) is 5.91 Å². The van der Waals surface area contributed by atoms with Gasteiger partial charge in [-0.3, -0.25) is 9.69 Å². The van der Waals surface area contributed by atoms with Gasteiger partial charge in [0.1, 0.15) is 0 Å². The third kappa shape index (κ3) is 3.09. The largest absolute Gasteiger partial charge is 0.337 e. The van der Waals surface area contributed by atoms with Crippen LogP contribution in [-0.4, -0.2) is 47.9 Å². The molecule has 0 spiro atoms. The van der Waals surface area contributed by atoms with E-state index in [1.165, 1.54) is 32.4 Å². The summed E-state index contributed by atoms with van der Waals surface area (Å²) in [6.07, 6.45) is 5.04. The van der Waals surface area contributed by atoms with Crippen LogP contribution in [0.4, 0.5) is 0 Å². The number of halogens is 1. The van der Waals surface area contributed by atoms with Gasteiger partial charge >= 0.3 is 0 Å². The molecule has 1 aromatic rings. The lowest BCUT2D eigenvalue weighted by atomic mass is 10.1. The molecule has 4 heteroatoms. The van der Waals surface area contributed by atoms with E-state index < -0.39 is 0 Å². The Kier molecular flexibility index (Phi) is 4.51. The second-order valence-electron chi connectivity index (χ2n) is 6.22. The van der Waals surface area contributed by atoms with E-state index in [0.717, 1.165) is 25.1 Å². The van der Waals surface area contributed by atoms with Crippen LogP contribution >= 0.6 is 11.6 Å². The van der Waals surface area contributed by atoms with Crippen LogP contribution < -0.4 is 0 Å². The summed E-state index contributed by atoms with van der Waals surface area (Å²) in [5.74, 6) is 0.0950. The normalized spacial score (nSPS) is 23.5. The molecule has 0 aromatic heterocycles. The minimum atomic E-state index is 0.0950. The first-order chi connectivity index (χ1) is 10.2. The van der Waals surface area contributed by atoms with Gasteiger partial charge < -0.3 is 4.90 Å². The summed E-state index contributed by atoms with van der Waals surface area (Å²) in [7, 11) is 0. The molecule has 2 aliphatic rings. The van der Waals surface area contributed by atoms with Crippen LogP contribution in [0.1, 0.15) is 41.6 Å². The molecule has 1 amide bonds. The van der Waals surface area contributed by atoms with Crippen LogP contribution in [0.3, 0.4) is 0 Å². The monoisotopic (exact) mass is 306 g/mol. The van der Waals surface area contributed by atoms with Gasteiger partial charge in [0, 0.05) is 19.1 Å². The van der Waals surface area contributed by atoms with Gasteiger partial charge in [0.15, 0.2) is 0 Å². The number of hydrogen-bond acceptors (Lipinski definition) is 2. The molecule has 3 nitrogen and oxygen atoms in total. The lowest BCUT2D eigenvalue weighted by Crippen LogP contribution is -2.41. The van der Waals surface area contributed by atoms with E-state index in [4.69, 9.17) is 11.6 Å². The molecule has 2 fully saturated rings. The molecule has 0 saturated carbocycles. The van der Waals surface area contributed by atoms with E-state index >= 15 is 0 Å². The quantitative estimate of drug-likeness (QED) is 0.836. The highest BCUT2D eigenvalue weighted by molar-refractivity contribution is 6.34. The Labute approximate surface area is 131 Å². The molecule has 0 unspecified atom stereocenters. The van der Waals surface area contributed by atoms with Crippen molar-refractivity contribution < 1.29 is 4.79 Å². The summed E-state index contributed by atoms with van der Waals surface area (Å²) in [6, 6.07) is 6.20. The fraction of sp³-hybridized carbons (Fsp3) is 0.588. The second kappa shape index (κ2) is 6.37. The number of carbonyl (C=O) groups is 1. The van der Waals surface area contributed by atoms with E-state index in [-0.39, 0.29) is 5.91 Å². The van der Waals surface area contributed by atoms with Crippen molar-refractivity contribution in [2.24, 2.45) is 0 Å². The minimum Gasteiger partial charge on any atom is -0.337 e. The van der Waals surface area contributed by atoms with Crippen molar-refractivity contribution in [2.75, 3.05) is 26.2 Å². The summed E-state index contributed by atoms with van der Waals surface area (Å²) in [5, 5.41) is 0.571. The van der Waals surface area contributed by atoms with Gasteiger partial charge in [-0.15, -0.1) is 0 Å². The Balaban J connectivity index is 1.69. The lowest BCUT2D eigenvalue weighted by Gasteiger charge is -2.32. The average molecular weight is 307 g/mol. The fourth-order valence-corrected chi connectivity index (χ4v) is 3.87. The molecule has 2 saturated heterocycles. The van der Waals surface area contributed by atoms with Crippen molar-refractivity contribution in [3.63, 3.8) is 0 Å². The standard InChI is InChI=1S/C17H23ClN2O/c1-13-6-5-7-15(18)16(13)17(21)20-11-8-14(12-20)19-9-3-2-4-10-19/h5-7,14H,2-4,8-12H2,1H3/t14-/m1/s1. The van der Waals surface area contributed by atoms with E-state index in [0.29, 0.717) is 16.6 Å². The van der Waals surface area contributed by atoms with E-state index in [1.807, 2.05) is 24.0 Å². The van der Waals surface area contributed by atoms with Gasteiger partial charge in [-0.1, -0.05) is 30.2 Å². The Hall–Kier alpha value is -1.06. The first-order valence-electron chi connectivity index (χ1n) is 7.95. The maximum atomic E-state index is 12.7. The van der Waals surface area contributed by atoms with E-state index in [2.05, 4.69) is 4.90 Å². The molecule has 2 heterocycles. The number of nitrogens with zero attached hydrogens (tertiary/aromatic N) is 2. The lowest BCUT2D eigenvalue weighted by molar-refractivity contribution is 0.0771. The molecule has 0 aliphatic carbocycles. The van der Waals surface area contributed by atoms with Gasteiger partial charge in [-0.2, -0.15) is 0 Å². The van der Waals surface area contributed by atoms with Crippen LogP contribution in [0.2, 0.25) is 5.02 Å². The van der Waals surface area contributed by atoms with Crippen molar-refractivity contribution in [3.05, 3.63) is 34.3 Å². The summed E-state index contributed by atoms with van der Waals surface area (Å²) >= 11 is 6.23. The fourth-order valence-electron chi connectivity index (χ4n) is 3.57. The van der Waals surface area contributed by atoms with Gasteiger partial charge in [-0.05, 0) is 50.9 Å². The van der Waals surface area contributed by atoms with Gasteiger partial charge in [0.2, 0.25) is 0 Å². The van der Waals surface area contributed by atoms with Crippen molar-refractivity contribution >= 4 is 17.5 Å². The summed E-state index contributed by atoms with van der Waals surface area (Å²) in [6.45, 7) is 6.04. The predicted octanol–water partition coefficient (Wildman–Crippen LogP) is 3.35. The average Bonchev–Trinajstić information content (AvgIpc) is 2.97. The highest BCUT2D eigenvalue weighted by Gasteiger charge is 2.32. The molecule has 1 aromatic carbocycles. The first-order valence-corrected chi connectivity index (χ1v) is 8.33. The van der Waals surface area contributed by atoms with E-state index in [9.17, 15) is 4.79 Å². The van der Waals surface area contributed by atoms with Crippen LogP contribution in [-0.2, 0) is 0 Å². The zero-order valence-electron chi connectivity index (χ0n) is 12.6. The number of amides is 1. The van der Waals surface area contributed by atoms with Crippen molar-refractivity contribution in [3.8, 4) is 0 Å². The third-order valence-corrected chi connectivity index (χ3v) is 5.11. The summed E-state index contributed by atoms with van der Waals surface area (Å²) < 4.78 is 0. The Morgan fingerprint density at radius 1 is 1.19 bits per heavy atom. The summed E-state index contributed by atoms with van der Waals surface area (Å²) in [5.41, 5.74) is 1.65. The zero-order valence-corrected chi connectivity index (χ0v) is 13.4. The minimum absolute atomic E-state index is 0.0950. The van der Waals surface area contributed by atoms with Crippen LogP contribution in [0, 0.1) is 6.92 Å². The topological polar surface area (TPSA) is 23.6 Å². The van der Waals surface area contributed by atoms with Crippen molar-refractivity contribution in [2.45, 2.75) is 38.6 Å². The third-order valence-electron chi connectivity index (χ3n) is 4.79. The Bertz CT molecular complexity index is 505. The van der Waals surface area contributed by atoms with Crippen molar-refractivity contribution in [1.29, 1.82) is 0 Å². The number of rotatable bonds is 2. The molecule has 1 atom stereocenters. The SMILES string of the molecule is Cc1cccc(Cl)c1C(=O)N1CC[C@@H](N2CCCCC2)C1. The predicted molar refractivity (Wildman–Crippen MR) is 85.9 cm³/mol. The van der Waals surface area contributed by atoms with Crippen molar-refractivity contribution in [1.82, 2.24) is 9.80 Å². The van der Waals surface area contributed by atoms with Crippen LogP contribution in [0.25, 0.3) is 0 Å². The maximum Gasteiger partial charge on any atom is 0.255 e. The first kappa shape index (κ1) is 14.9. The number of likely N-dealkylation sites (tertiary alicyclic amines) is 2. The molecule has 3 rings (SSSR count). The molecule has 2 aliphatic heterocycles. The molecule has 0 radical (unpaired) electrons. The summed E-state index contributed by atoms with van der Waals surface area (Å²) in [4.78, 5) is 17.3. The van der Waals surface area contributed by atoms with Gasteiger partial charge in [0.05, 0.1) is 10.6 Å². The van der Waals surface area contributed by atoms with Crippen LogP contribution in [0.5, 0.6) is 0 Å². The molecule has 21 heavy (non-hydrogen) atoms. The molecular weight excluding hydrogens is 284 g/mol. The molecule has 0 bridgehead atoms.